The normalized spacial score (nSPS) is 18.3. The molecule has 0 aromatic heterocycles. The van der Waals surface area contributed by atoms with Gasteiger partial charge in [0.05, 0.1) is 13.3 Å². The molecule has 2 aromatic rings. The van der Waals surface area contributed by atoms with Gasteiger partial charge < -0.3 is 4.43 Å². The van der Waals surface area contributed by atoms with Gasteiger partial charge in [-0.3, -0.25) is 4.90 Å². The first-order valence-corrected chi connectivity index (χ1v) is 14.8. The van der Waals surface area contributed by atoms with Gasteiger partial charge >= 0.3 is 0 Å². The fraction of sp³-hybridized carbons (Fsp3) is 0.571. The van der Waals surface area contributed by atoms with E-state index in [2.05, 4.69) is 124 Å². The Bertz CT molecular complexity index is 806. The van der Waals surface area contributed by atoms with E-state index < -0.39 is 8.32 Å². The van der Waals surface area contributed by atoms with Crippen LogP contribution in [0.4, 0.5) is 0 Å². The molecule has 0 saturated carbocycles. The van der Waals surface area contributed by atoms with Gasteiger partial charge in [-0.15, -0.1) is 0 Å². The summed E-state index contributed by atoms with van der Waals surface area (Å²) in [4.78, 5) is 2.61. The Labute approximate surface area is 203 Å². The largest absolute Gasteiger partial charge is 0.414 e. The summed E-state index contributed by atoms with van der Waals surface area (Å²) < 4.78 is 7.06. The lowest BCUT2D eigenvalue weighted by molar-refractivity contribution is -0.000432. The van der Waals surface area contributed by atoms with Crippen molar-refractivity contribution in [3.8, 4) is 0 Å². The zero-order chi connectivity index (χ0) is 24.0. The molecule has 0 amide bonds. The van der Waals surface area contributed by atoms with Crippen LogP contribution in [0.2, 0.25) is 16.6 Å². The Morgan fingerprint density at radius 2 is 1.36 bits per heavy atom. The van der Waals surface area contributed by atoms with E-state index in [1.54, 1.807) is 0 Å². The highest BCUT2D eigenvalue weighted by molar-refractivity contribution is 6.77. The standard InChI is InChI=1S/C28H45N3OSi/c1-23(2)33(24(3)4,25(5)6)32-21-28-20-31(29(7)18-26-14-10-8-11-15-26)22-30(28)19-27-16-12-9-13-17-27/h8-17,23-25,28H,18-22H2,1-7H3/t28-/m0/s1. The van der Waals surface area contributed by atoms with Crippen molar-refractivity contribution in [1.29, 1.82) is 0 Å². The number of hydrogen-bond donors (Lipinski definition) is 0. The number of hydrazine groups is 1. The van der Waals surface area contributed by atoms with Gasteiger partial charge in [0.1, 0.15) is 0 Å². The minimum absolute atomic E-state index is 0.395. The van der Waals surface area contributed by atoms with Gasteiger partial charge in [0, 0.05) is 32.7 Å². The second kappa shape index (κ2) is 11.8. The molecule has 1 aliphatic rings. The van der Waals surface area contributed by atoms with Crippen molar-refractivity contribution in [3.05, 3.63) is 71.8 Å². The van der Waals surface area contributed by atoms with Crippen molar-refractivity contribution < 1.29 is 4.43 Å². The highest BCUT2D eigenvalue weighted by Gasteiger charge is 2.46. The summed E-state index contributed by atoms with van der Waals surface area (Å²) in [6.07, 6.45) is 0. The van der Waals surface area contributed by atoms with Gasteiger partial charge in [0.2, 0.25) is 0 Å². The number of benzene rings is 2. The molecule has 4 nitrogen and oxygen atoms in total. The van der Waals surface area contributed by atoms with Crippen molar-refractivity contribution in [2.75, 3.05) is 26.9 Å². The Kier molecular flexibility index (Phi) is 9.31. The van der Waals surface area contributed by atoms with Crippen LogP contribution in [0, 0.1) is 0 Å². The zero-order valence-electron chi connectivity index (χ0n) is 21.9. The van der Waals surface area contributed by atoms with Crippen LogP contribution in [0.25, 0.3) is 0 Å². The maximum Gasteiger partial charge on any atom is 0.200 e. The molecule has 1 aliphatic heterocycles. The molecule has 0 radical (unpaired) electrons. The van der Waals surface area contributed by atoms with Crippen molar-refractivity contribution in [3.63, 3.8) is 0 Å². The highest BCUT2D eigenvalue weighted by Crippen LogP contribution is 2.42. The van der Waals surface area contributed by atoms with E-state index in [0.29, 0.717) is 22.7 Å². The zero-order valence-corrected chi connectivity index (χ0v) is 22.9. The molecule has 0 unspecified atom stereocenters. The monoisotopic (exact) mass is 467 g/mol. The smallest absolute Gasteiger partial charge is 0.200 e. The minimum Gasteiger partial charge on any atom is -0.414 e. The molecule has 182 valence electrons. The van der Waals surface area contributed by atoms with E-state index >= 15 is 0 Å². The first kappa shape index (κ1) is 26.1. The van der Waals surface area contributed by atoms with Crippen molar-refractivity contribution >= 4 is 8.32 Å². The van der Waals surface area contributed by atoms with E-state index in [1.807, 2.05) is 0 Å². The summed E-state index contributed by atoms with van der Waals surface area (Å²) in [5, 5.41) is 4.87. The van der Waals surface area contributed by atoms with Crippen molar-refractivity contribution in [2.24, 2.45) is 0 Å². The van der Waals surface area contributed by atoms with Gasteiger partial charge in [-0.1, -0.05) is 102 Å². The van der Waals surface area contributed by atoms with Crippen LogP contribution in [0.1, 0.15) is 52.7 Å². The van der Waals surface area contributed by atoms with Crippen LogP contribution < -0.4 is 0 Å². The summed E-state index contributed by atoms with van der Waals surface area (Å²) in [6, 6.07) is 22.0. The second-order valence-electron chi connectivity index (χ2n) is 10.6. The fourth-order valence-electron chi connectivity index (χ4n) is 5.83. The Morgan fingerprint density at radius 1 is 0.848 bits per heavy atom. The summed E-state index contributed by atoms with van der Waals surface area (Å²) in [6.45, 7) is 18.9. The Balaban J connectivity index is 1.75. The number of nitrogens with zero attached hydrogens (tertiary/aromatic N) is 3. The summed E-state index contributed by atoms with van der Waals surface area (Å²) in [7, 11) is 0.329. The molecule has 3 rings (SSSR count). The van der Waals surface area contributed by atoms with Gasteiger partial charge in [-0.25, -0.2) is 10.0 Å². The lowest BCUT2D eigenvalue weighted by Crippen LogP contribution is -2.50. The first-order chi connectivity index (χ1) is 15.7. The quantitative estimate of drug-likeness (QED) is 0.357. The lowest BCUT2D eigenvalue weighted by atomic mass is 10.2. The van der Waals surface area contributed by atoms with Gasteiger partial charge in [0.25, 0.3) is 0 Å². The molecule has 1 atom stereocenters. The van der Waals surface area contributed by atoms with Crippen molar-refractivity contribution in [1.82, 2.24) is 14.9 Å². The van der Waals surface area contributed by atoms with Crippen LogP contribution in [-0.4, -0.2) is 56.1 Å². The third-order valence-electron chi connectivity index (χ3n) is 7.48. The SMILES string of the molecule is CC(C)[Si](OC[C@@H]1CN(N(C)Cc2ccccc2)CN1Cc1ccccc1)(C(C)C)C(C)C. The van der Waals surface area contributed by atoms with Crippen molar-refractivity contribution in [2.45, 2.75) is 77.3 Å². The molecule has 1 fully saturated rings. The average Bonchev–Trinajstić information content (AvgIpc) is 3.17. The highest BCUT2D eigenvalue weighted by atomic mass is 28.4. The van der Waals surface area contributed by atoms with Crippen LogP contribution in [0.5, 0.6) is 0 Å². The summed E-state index contributed by atoms with van der Waals surface area (Å²) >= 11 is 0. The maximum atomic E-state index is 7.06. The van der Waals surface area contributed by atoms with Gasteiger partial charge in [-0.2, -0.15) is 0 Å². The number of rotatable bonds is 11. The molecule has 0 spiro atoms. The van der Waals surface area contributed by atoms with E-state index in [9.17, 15) is 0 Å². The summed E-state index contributed by atoms with van der Waals surface area (Å²) in [5.74, 6) is 0. The molecule has 0 bridgehead atoms. The van der Waals surface area contributed by atoms with E-state index in [0.717, 1.165) is 32.9 Å². The molecule has 1 heterocycles. The van der Waals surface area contributed by atoms with E-state index in [1.165, 1.54) is 11.1 Å². The predicted octanol–water partition coefficient (Wildman–Crippen LogP) is 6.37. The topological polar surface area (TPSA) is 19.0 Å². The maximum absolute atomic E-state index is 7.06. The second-order valence-corrected chi connectivity index (χ2v) is 16.1. The molecule has 0 aliphatic carbocycles. The van der Waals surface area contributed by atoms with Crippen LogP contribution >= 0.6 is 0 Å². The molecule has 33 heavy (non-hydrogen) atoms. The molecule has 0 N–H and O–H groups in total. The average molecular weight is 468 g/mol. The first-order valence-electron chi connectivity index (χ1n) is 12.7. The molecular formula is C28H45N3OSi. The third kappa shape index (κ3) is 6.34. The Morgan fingerprint density at radius 3 is 1.88 bits per heavy atom. The minimum atomic E-state index is -1.89. The lowest BCUT2D eigenvalue weighted by Gasteiger charge is -2.43. The van der Waals surface area contributed by atoms with E-state index in [-0.39, 0.29) is 0 Å². The molecule has 1 saturated heterocycles. The van der Waals surface area contributed by atoms with Crippen LogP contribution in [0.15, 0.2) is 60.7 Å². The van der Waals surface area contributed by atoms with Gasteiger partial charge in [-0.05, 0) is 27.8 Å². The van der Waals surface area contributed by atoms with Gasteiger partial charge in [0.15, 0.2) is 8.32 Å². The van der Waals surface area contributed by atoms with E-state index in [4.69, 9.17) is 4.43 Å². The predicted molar refractivity (Wildman–Crippen MR) is 142 cm³/mol. The molecule has 5 heteroatoms. The molecular weight excluding hydrogens is 422 g/mol. The summed E-state index contributed by atoms with van der Waals surface area (Å²) in [5.41, 5.74) is 4.55. The molecule has 2 aromatic carbocycles. The Hall–Kier alpha value is -1.50. The number of hydrogen-bond acceptors (Lipinski definition) is 4. The third-order valence-corrected chi connectivity index (χ3v) is 13.6. The van der Waals surface area contributed by atoms with Crippen LogP contribution in [0.3, 0.4) is 0 Å². The van der Waals surface area contributed by atoms with Crippen LogP contribution in [-0.2, 0) is 17.5 Å². The fourth-order valence-corrected chi connectivity index (χ4v) is 11.3.